The summed E-state index contributed by atoms with van der Waals surface area (Å²) in [4.78, 5) is 26.2. The molecule has 0 unspecified atom stereocenters. The number of carbonyl (C=O) groups excluding carboxylic acids is 1. The van der Waals surface area contributed by atoms with Gasteiger partial charge < -0.3 is 9.72 Å². The maximum atomic E-state index is 11.8. The Morgan fingerprint density at radius 3 is 2.89 bits per heavy atom. The van der Waals surface area contributed by atoms with E-state index in [1.54, 1.807) is 7.05 Å². The Labute approximate surface area is 105 Å². The van der Waals surface area contributed by atoms with Gasteiger partial charge in [0.1, 0.15) is 0 Å². The number of H-pyrrole nitrogens is 1. The lowest BCUT2D eigenvalue weighted by molar-refractivity contribution is -0.384. The molecule has 0 atom stereocenters. The summed E-state index contributed by atoms with van der Waals surface area (Å²) >= 11 is 0. The van der Waals surface area contributed by atoms with Crippen molar-refractivity contribution >= 4 is 11.5 Å². The van der Waals surface area contributed by atoms with Gasteiger partial charge in [-0.05, 0) is 14.0 Å². The molecule has 0 aliphatic carbocycles. The number of hydrogen-bond acceptors (Lipinski definition) is 5. The van der Waals surface area contributed by atoms with Gasteiger partial charge in [-0.2, -0.15) is 0 Å². The highest BCUT2D eigenvalue weighted by molar-refractivity contribution is 5.96. The zero-order valence-electron chi connectivity index (χ0n) is 10.5. The molecule has 0 saturated heterocycles. The number of rotatable bonds is 8. The minimum atomic E-state index is -0.536. The van der Waals surface area contributed by atoms with Crippen LogP contribution in [0.4, 0.5) is 5.69 Å². The third kappa shape index (κ3) is 4.27. The monoisotopic (exact) mass is 255 g/mol. The third-order valence-electron chi connectivity index (χ3n) is 2.41. The van der Waals surface area contributed by atoms with Crippen LogP contribution in [0, 0.1) is 10.1 Å². The summed E-state index contributed by atoms with van der Waals surface area (Å²) in [5.41, 5.74) is 0.153. The van der Waals surface area contributed by atoms with E-state index in [0.717, 1.165) is 0 Å². The fourth-order valence-corrected chi connectivity index (χ4v) is 1.42. The van der Waals surface area contributed by atoms with Crippen LogP contribution in [0.3, 0.4) is 0 Å². The molecule has 1 aromatic heterocycles. The van der Waals surface area contributed by atoms with E-state index >= 15 is 0 Å². The van der Waals surface area contributed by atoms with Crippen LogP contribution in [0.25, 0.3) is 0 Å². The van der Waals surface area contributed by atoms with E-state index in [2.05, 4.69) is 4.98 Å². The number of likely N-dealkylation sites (N-methyl/N-ethyl adjacent to an activating group) is 1. The van der Waals surface area contributed by atoms with Gasteiger partial charge >= 0.3 is 0 Å². The molecule has 0 radical (unpaired) electrons. The van der Waals surface area contributed by atoms with E-state index in [4.69, 9.17) is 4.74 Å². The van der Waals surface area contributed by atoms with E-state index in [9.17, 15) is 14.9 Å². The van der Waals surface area contributed by atoms with Crippen molar-refractivity contribution in [3.8, 4) is 0 Å². The van der Waals surface area contributed by atoms with Gasteiger partial charge in [-0.15, -0.1) is 0 Å². The second kappa shape index (κ2) is 6.87. The molecular formula is C11H17N3O4. The van der Waals surface area contributed by atoms with Gasteiger partial charge in [0, 0.05) is 19.2 Å². The van der Waals surface area contributed by atoms with Crippen molar-refractivity contribution in [3.05, 3.63) is 28.1 Å². The van der Waals surface area contributed by atoms with Crippen molar-refractivity contribution in [1.29, 1.82) is 0 Å². The molecule has 0 bridgehead atoms. The van der Waals surface area contributed by atoms with Crippen LogP contribution < -0.4 is 0 Å². The Morgan fingerprint density at radius 1 is 1.61 bits per heavy atom. The SMILES string of the molecule is CCOCCN(C)CC(=O)c1cc([N+](=O)[O-])c[nH]1. The first-order valence-corrected chi connectivity index (χ1v) is 5.67. The first kappa shape index (κ1) is 14.3. The van der Waals surface area contributed by atoms with Crippen molar-refractivity contribution in [2.75, 3.05) is 33.4 Å². The largest absolute Gasteiger partial charge is 0.380 e. The number of hydrogen-bond donors (Lipinski definition) is 1. The molecule has 1 rings (SSSR count). The maximum absolute atomic E-state index is 11.8. The molecule has 100 valence electrons. The first-order valence-electron chi connectivity index (χ1n) is 5.67. The number of ether oxygens (including phenoxy) is 1. The van der Waals surface area contributed by atoms with Crippen LogP contribution in [-0.4, -0.2) is 53.9 Å². The lowest BCUT2D eigenvalue weighted by Crippen LogP contribution is -2.29. The smallest absolute Gasteiger partial charge is 0.287 e. The first-order chi connectivity index (χ1) is 8.54. The molecular weight excluding hydrogens is 238 g/mol. The third-order valence-corrected chi connectivity index (χ3v) is 2.41. The lowest BCUT2D eigenvalue weighted by atomic mass is 10.2. The Balaban J connectivity index is 2.46. The highest BCUT2D eigenvalue weighted by Crippen LogP contribution is 2.12. The summed E-state index contributed by atoms with van der Waals surface area (Å²) in [5.74, 6) is -0.179. The summed E-state index contributed by atoms with van der Waals surface area (Å²) in [6, 6.07) is 1.25. The topological polar surface area (TPSA) is 88.5 Å². The van der Waals surface area contributed by atoms with Crippen LogP contribution in [0.5, 0.6) is 0 Å². The van der Waals surface area contributed by atoms with Gasteiger partial charge in [0.25, 0.3) is 5.69 Å². The molecule has 7 heteroatoms. The number of carbonyl (C=O) groups is 1. The normalized spacial score (nSPS) is 10.8. The summed E-state index contributed by atoms with van der Waals surface area (Å²) in [6.45, 7) is 3.95. The molecule has 1 aromatic rings. The quantitative estimate of drug-likeness (QED) is 0.325. The zero-order chi connectivity index (χ0) is 13.5. The lowest BCUT2D eigenvalue weighted by Gasteiger charge is -2.14. The van der Waals surface area contributed by atoms with Gasteiger partial charge in [0.2, 0.25) is 0 Å². The minimum Gasteiger partial charge on any atom is -0.380 e. The van der Waals surface area contributed by atoms with E-state index in [0.29, 0.717) is 19.8 Å². The van der Waals surface area contributed by atoms with Crippen molar-refractivity contribution in [2.45, 2.75) is 6.92 Å². The molecule has 0 aromatic carbocycles. The van der Waals surface area contributed by atoms with Crippen molar-refractivity contribution < 1.29 is 14.5 Å². The highest BCUT2D eigenvalue weighted by Gasteiger charge is 2.15. The van der Waals surface area contributed by atoms with E-state index in [1.165, 1.54) is 12.3 Å². The molecule has 1 N–H and O–H groups in total. The van der Waals surface area contributed by atoms with Gasteiger partial charge in [-0.25, -0.2) is 0 Å². The van der Waals surface area contributed by atoms with E-state index in [-0.39, 0.29) is 23.7 Å². The van der Waals surface area contributed by atoms with Crippen LogP contribution in [0.2, 0.25) is 0 Å². The predicted molar refractivity (Wildman–Crippen MR) is 65.8 cm³/mol. The zero-order valence-corrected chi connectivity index (χ0v) is 10.5. The minimum absolute atomic E-state index is 0.102. The Hall–Kier alpha value is -1.73. The molecule has 0 aliphatic rings. The molecule has 7 nitrogen and oxygen atoms in total. The number of nitro groups is 1. The molecule has 0 amide bonds. The number of Topliss-reactive ketones (excluding diaryl/α,β-unsaturated/α-hetero) is 1. The summed E-state index contributed by atoms with van der Waals surface area (Å²) in [5, 5.41) is 10.5. The average molecular weight is 255 g/mol. The van der Waals surface area contributed by atoms with Gasteiger partial charge in [0.15, 0.2) is 5.78 Å². The van der Waals surface area contributed by atoms with Crippen LogP contribution in [0.1, 0.15) is 17.4 Å². The Morgan fingerprint density at radius 2 is 2.33 bits per heavy atom. The van der Waals surface area contributed by atoms with Crippen molar-refractivity contribution in [1.82, 2.24) is 9.88 Å². The van der Waals surface area contributed by atoms with Crippen LogP contribution in [0.15, 0.2) is 12.3 Å². The Kier molecular flexibility index (Phi) is 5.47. The fourth-order valence-electron chi connectivity index (χ4n) is 1.42. The second-order valence-corrected chi connectivity index (χ2v) is 3.89. The standard InChI is InChI=1S/C11H17N3O4/c1-3-18-5-4-13(2)8-11(15)10-6-9(7-12-10)14(16)17/h6-7,12H,3-5,8H2,1-2H3. The fraction of sp³-hybridized carbons (Fsp3) is 0.545. The number of ketones is 1. The molecule has 0 aliphatic heterocycles. The number of nitrogens with one attached hydrogen (secondary N) is 1. The Bertz CT molecular complexity index is 416. The van der Waals surface area contributed by atoms with E-state index < -0.39 is 4.92 Å². The van der Waals surface area contributed by atoms with Gasteiger partial charge in [-0.3, -0.25) is 19.8 Å². The predicted octanol–water partition coefficient (Wildman–Crippen LogP) is 1.07. The molecule has 0 spiro atoms. The van der Waals surface area contributed by atoms with Crippen LogP contribution >= 0.6 is 0 Å². The van der Waals surface area contributed by atoms with Crippen molar-refractivity contribution in [3.63, 3.8) is 0 Å². The molecule has 0 saturated carbocycles. The average Bonchev–Trinajstić information content (AvgIpc) is 2.78. The summed E-state index contributed by atoms with van der Waals surface area (Å²) in [6.07, 6.45) is 1.22. The van der Waals surface area contributed by atoms with E-state index in [1.807, 2.05) is 11.8 Å². The second-order valence-electron chi connectivity index (χ2n) is 3.89. The summed E-state index contributed by atoms with van der Waals surface area (Å²) < 4.78 is 5.18. The summed E-state index contributed by atoms with van der Waals surface area (Å²) in [7, 11) is 1.80. The van der Waals surface area contributed by atoms with Gasteiger partial charge in [-0.1, -0.05) is 0 Å². The van der Waals surface area contributed by atoms with Gasteiger partial charge in [0.05, 0.1) is 30.0 Å². The molecule has 18 heavy (non-hydrogen) atoms. The number of aromatic nitrogens is 1. The highest BCUT2D eigenvalue weighted by atomic mass is 16.6. The number of aromatic amines is 1. The van der Waals surface area contributed by atoms with Crippen molar-refractivity contribution in [2.24, 2.45) is 0 Å². The van der Waals surface area contributed by atoms with Crippen LogP contribution in [-0.2, 0) is 4.74 Å². The molecule has 1 heterocycles. The maximum Gasteiger partial charge on any atom is 0.287 e. The number of nitrogens with zero attached hydrogens (tertiary/aromatic N) is 2. The molecule has 0 fully saturated rings.